The van der Waals surface area contributed by atoms with Crippen molar-refractivity contribution < 1.29 is 4.42 Å². The number of hydrogen-bond donors (Lipinski definition) is 0. The van der Waals surface area contributed by atoms with Gasteiger partial charge in [0, 0.05) is 16.7 Å². The second-order valence-corrected chi connectivity index (χ2v) is 10.5. The van der Waals surface area contributed by atoms with Crippen molar-refractivity contribution in [1.29, 1.82) is 0 Å². The van der Waals surface area contributed by atoms with Gasteiger partial charge in [-0.1, -0.05) is 109 Å². The third kappa shape index (κ3) is 4.75. The molecule has 0 fully saturated rings. The van der Waals surface area contributed by atoms with Crippen molar-refractivity contribution in [3.8, 4) is 56.2 Å². The molecule has 0 amide bonds. The highest BCUT2D eigenvalue weighted by atomic mass is 16.3. The van der Waals surface area contributed by atoms with Gasteiger partial charge in [-0.3, -0.25) is 0 Å². The van der Waals surface area contributed by atoms with Gasteiger partial charge in [-0.2, -0.15) is 0 Å². The van der Waals surface area contributed by atoms with Crippen LogP contribution in [0.25, 0.3) is 78.4 Å². The minimum absolute atomic E-state index is 0.627. The average molecular weight is 552 g/mol. The third-order valence-corrected chi connectivity index (χ3v) is 7.73. The normalized spacial score (nSPS) is 11.3. The number of fused-ring (bicyclic) bond motifs is 2. The lowest BCUT2D eigenvalue weighted by Crippen LogP contribution is -1.96. The number of nitrogens with zero attached hydrogens (tertiary/aromatic N) is 3. The molecule has 2 aromatic heterocycles. The van der Waals surface area contributed by atoms with E-state index in [1.165, 1.54) is 5.56 Å². The standard InChI is InChI=1S/C39H25N3O/c1-2-9-26(10-3-1)31-11-8-12-32(25-31)38-37(40-33-13-4-5-14-34(33)41-38)29-21-17-27(18-22-29)28-19-23-30(24-20-28)39-42-35-15-6-7-16-36(35)43-39/h1-25H. The number of aromatic nitrogens is 3. The van der Waals surface area contributed by atoms with Crippen molar-refractivity contribution in [3.63, 3.8) is 0 Å². The van der Waals surface area contributed by atoms with Gasteiger partial charge in [0.2, 0.25) is 5.89 Å². The van der Waals surface area contributed by atoms with Crippen molar-refractivity contribution in [2.75, 3.05) is 0 Å². The van der Waals surface area contributed by atoms with E-state index < -0.39 is 0 Å². The molecule has 6 aromatic carbocycles. The Morgan fingerprint density at radius 2 is 0.814 bits per heavy atom. The fourth-order valence-corrected chi connectivity index (χ4v) is 5.50. The second kappa shape index (κ2) is 10.5. The summed E-state index contributed by atoms with van der Waals surface area (Å²) in [5, 5.41) is 0. The van der Waals surface area contributed by atoms with Crippen LogP contribution in [-0.4, -0.2) is 15.0 Å². The Hall–Kier alpha value is -5.87. The molecule has 0 aliphatic heterocycles. The SMILES string of the molecule is c1ccc(-c2cccc(-c3nc4ccccc4nc3-c3ccc(-c4ccc(-c5nc6ccccc6o5)cc4)cc3)c2)cc1. The van der Waals surface area contributed by atoms with Crippen LogP contribution < -0.4 is 0 Å². The van der Waals surface area contributed by atoms with Gasteiger partial charge in [0.1, 0.15) is 5.52 Å². The Morgan fingerprint density at radius 1 is 0.326 bits per heavy atom. The minimum atomic E-state index is 0.627. The van der Waals surface area contributed by atoms with E-state index in [0.717, 1.165) is 66.9 Å². The van der Waals surface area contributed by atoms with Gasteiger partial charge < -0.3 is 4.42 Å². The largest absolute Gasteiger partial charge is 0.436 e. The van der Waals surface area contributed by atoms with Crippen molar-refractivity contribution in [3.05, 3.63) is 152 Å². The molecule has 0 aliphatic carbocycles. The van der Waals surface area contributed by atoms with Gasteiger partial charge >= 0.3 is 0 Å². The van der Waals surface area contributed by atoms with E-state index in [2.05, 4.69) is 102 Å². The van der Waals surface area contributed by atoms with E-state index in [1.807, 2.05) is 54.6 Å². The van der Waals surface area contributed by atoms with Crippen LogP contribution in [0.4, 0.5) is 0 Å². The van der Waals surface area contributed by atoms with Crippen LogP contribution in [-0.2, 0) is 0 Å². The number of oxazole rings is 1. The molecule has 0 atom stereocenters. The average Bonchev–Trinajstić information content (AvgIpc) is 3.53. The number of para-hydroxylation sites is 4. The number of rotatable bonds is 5. The Labute approximate surface area is 249 Å². The molecule has 4 nitrogen and oxygen atoms in total. The quantitative estimate of drug-likeness (QED) is 0.214. The maximum absolute atomic E-state index is 5.95. The van der Waals surface area contributed by atoms with Gasteiger partial charge in [0.25, 0.3) is 0 Å². The zero-order valence-corrected chi connectivity index (χ0v) is 23.2. The summed E-state index contributed by atoms with van der Waals surface area (Å²) in [6, 6.07) is 51.7. The molecule has 2 heterocycles. The van der Waals surface area contributed by atoms with Crippen LogP contribution in [0, 0.1) is 0 Å². The van der Waals surface area contributed by atoms with Crippen molar-refractivity contribution in [2.45, 2.75) is 0 Å². The van der Waals surface area contributed by atoms with E-state index in [1.54, 1.807) is 0 Å². The predicted molar refractivity (Wildman–Crippen MR) is 174 cm³/mol. The highest BCUT2D eigenvalue weighted by molar-refractivity contribution is 5.88. The molecule has 0 spiro atoms. The summed E-state index contributed by atoms with van der Waals surface area (Å²) in [5.41, 5.74) is 12.7. The Balaban J connectivity index is 1.15. The van der Waals surface area contributed by atoms with Gasteiger partial charge in [-0.05, 0) is 64.7 Å². The third-order valence-electron chi connectivity index (χ3n) is 7.73. The second-order valence-electron chi connectivity index (χ2n) is 10.5. The summed E-state index contributed by atoms with van der Waals surface area (Å²) in [6.07, 6.45) is 0. The van der Waals surface area contributed by atoms with Crippen molar-refractivity contribution in [1.82, 2.24) is 15.0 Å². The van der Waals surface area contributed by atoms with Gasteiger partial charge in [0.15, 0.2) is 5.58 Å². The molecule has 0 aliphatic rings. The van der Waals surface area contributed by atoms with Crippen LogP contribution in [0.5, 0.6) is 0 Å². The predicted octanol–water partition coefficient (Wildman–Crippen LogP) is 10.1. The first-order chi connectivity index (χ1) is 21.3. The summed E-state index contributed by atoms with van der Waals surface area (Å²) in [7, 11) is 0. The Morgan fingerprint density at radius 3 is 1.49 bits per heavy atom. The van der Waals surface area contributed by atoms with Crippen LogP contribution in [0.3, 0.4) is 0 Å². The molecule has 0 saturated heterocycles. The van der Waals surface area contributed by atoms with E-state index in [4.69, 9.17) is 14.4 Å². The summed E-state index contributed by atoms with van der Waals surface area (Å²) >= 11 is 0. The lowest BCUT2D eigenvalue weighted by molar-refractivity contribution is 0.620. The molecule has 0 saturated carbocycles. The van der Waals surface area contributed by atoms with Crippen molar-refractivity contribution >= 4 is 22.1 Å². The minimum Gasteiger partial charge on any atom is -0.436 e. The smallest absolute Gasteiger partial charge is 0.227 e. The van der Waals surface area contributed by atoms with Gasteiger partial charge in [-0.15, -0.1) is 0 Å². The van der Waals surface area contributed by atoms with Crippen LogP contribution in [0.1, 0.15) is 0 Å². The zero-order chi connectivity index (χ0) is 28.6. The Kier molecular flexibility index (Phi) is 6.08. The molecule has 8 aromatic rings. The van der Waals surface area contributed by atoms with Gasteiger partial charge in [0.05, 0.1) is 22.4 Å². The van der Waals surface area contributed by atoms with Gasteiger partial charge in [-0.25, -0.2) is 15.0 Å². The summed E-state index contributed by atoms with van der Waals surface area (Å²) in [5.74, 6) is 0.627. The summed E-state index contributed by atoms with van der Waals surface area (Å²) < 4.78 is 5.95. The topological polar surface area (TPSA) is 51.8 Å². The molecular formula is C39H25N3O. The van der Waals surface area contributed by atoms with E-state index in [0.29, 0.717) is 5.89 Å². The maximum atomic E-state index is 5.95. The Bertz CT molecular complexity index is 2180. The molecule has 4 heteroatoms. The molecule has 8 rings (SSSR count). The highest BCUT2D eigenvalue weighted by Gasteiger charge is 2.15. The fraction of sp³-hybridized carbons (Fsp3) is 0. The van der Waals surface area contributed by atoms with E-state index in [-0.39, 0.29) is 0 Å². The van der Waals surface area contributed by atoms with Crippen molar-refractivity contribution in [2.24, 2.45) is 0 Å². The summed E-state index contributed by atoms with van der Waals surface area (Å²) in [4.78, 5) is 14.9. The fourth-order valence-electron chi connectivity index (χ4n) is 5.50. The molecule has 0 bridgehead atoms. The molecule has 202 valence electrons. The van der Waals surface area contributed by atoms with E-state index in [9.17, 15) is 0 Å². The van der Waals surface area contributed by atoms with Crippen LogP contribution in [0.2, 0.25) is 0 Å². The first-order valence-electron chi connectivity index (χ1n) is 14.3. The zero-order valence-electron chi connectivity index (χ0n) is 23.2. The monoisotopic (exact) mass is 551 g/mol. The van der Waals surface area contributed by atoms with E-state index >= 15 is 0 Å². The number of benzene rings is 6. The molecule has 0 N–H and O–H groups in total. The lowest BCUT2D eigenvalue weighted by Gasteiger charge is -2.12. The highest BCUT2D eigenvalue weighted by Crippen LogP contribution is 2.35. The van der Waals surface area contributed by atoms with Crippen LogP contribution >= 0.6 is 0 Å². The number of hydrogen-bond acceptors (Lipinski definition) is 4. The molecular weight excluding hydrogens is 526 g/mol. The maximum Gasteiger partial charge on any atom is 0.227 e. The first-order valence-corrected chi connectivity index (χ1v) is 14.3. The molecule has 0 radical (unpaired) electrons. The molecule has 43 heavy (non-hydrogen) atoms. The summed E-state index contributed by atoms with van der Waals surface area (Å²) in [6.45, 7) is 0. The molecule has 0 unspecified atom stereocenters. The first kappa shape index (κ1) is 24.9. The van der Waals surface area contributed by atoms with Crippen LogP contribution in [0.15, 0.2) is 156 Å². The lowest BCUT2D eigenvalue weighted by atomic mass is 9.97.